The normalized spacial score (nSPS) is 10.4. The standard InChI is InChI=1S/C21H19ClN2O2/c1-26-20-5-3-2-4-17(20)12-16-10-11-23-19(13-16)21(25)24-14-15-6-8-18(22)9-7-15/h2-11,13H,12,14H2,1H3,(H,24,25). The Bertz CT molecular complexity index is 895. The first-order valence-electron chi connectivity index (χ1n) is 8.25. The van der Waals surface area contributed by atoms with Gasteiger partial charge < -0.3 is 10.1 Å². The lowest BCUT2D eigenvalue weighted by molar-refractivity contribution is 0.0946. The summed E-state index contributed by atoms with van der Waals surface area (Å²) >= 11 is 5.87. The zero-order chi connectivity index (χ0) is 18.4. The Morgan fingerprint density at radius 3 is 2.62 bits per heavy atom. The summed E-state index contributed by atoms with van der Waals surface area (Å²) in [6.07, 6.45) is 2.33. The zero-order valence-corrected chi connectivity index (χ0v) is 15.2. The molecule has 26 heavy (non-hydrogen) atoms. The maximum atomic E-state index is 12.4. The number of pyridine rings is 1. The molecule has 1 N–H and O–H groups in total. The molecule has 0 bridgehead atoms. The topological polar surface area (TPSA) is 51.2 Å². The van der Waals surface area contributed by atoms with Crippen molar-refractivity contribution in [1.82, 2.24) is 10.3 Å². The van der Waals surface area contributed by atoms with E-state index in [4.69, 9.17) is 16.3 Å². The third kappa shape index (κ3) is 4.61. The van der Waals surface area contributed by atoms with Crippen LogP contribution in [0, 0.1) is 0 Å². The molecule has 0 aliphatic carbocycles. The van der Waals surface area contributed by atoms with Crippen LogP contribution in [0.25, 0.3) is 0 Å². The molecule has 1 heterocycles. The smallest absolute Gasteiger partial charge is 0.270 e. The van der Waals surface area contributed by atoms with Gasteiger partial charge in [0.25, 0.3) is 5.91 Å². The first-order chi connectivity index (χ1) is 12.7. The third-order valence-corrected chi connectivity index (χ3v) is 4.26. The van der Waals surface area contributed by atoms with Gasteiger partial charge in [-0.15, -0.1) is 0 Å². The fraction of sp³-hybridized carbons (Fsp3) is 0.143. The fourth-order valence-electron chi connectivity index (χ4n) is 2.65. The Balaban J connectivity index is 1.68. The second-order valence-corrected chi connectivity index (χ2v) is 6.28. The molecule has 0 unspecified atom stereocenters. The fourth-order valence-corrected chi connectivity index (χ4v) is 2.78. The number of amides is 1. The van der Waals surface area contributed by atoms with Gasteiger partial charge in [-0.2, -0.15) is 0 Å². The second kappa shape index (κ2) is 8.50. The molecule has 0 fully saturated rings. The number of rotatable bonds is 6. The number of benzene rings is 2. The second-order valence-electron chi connectivity index (χ2n) is 5.85. The summed E-state index contributed by atoms with van der Waals surface area (Å²) in [5.41, 5.74) is 3.44. The SMILES string of the molecule is COc1ccccc1Cc1ccnc(C(=O)NCc2ccc(Cl)cc2)c1. The van der Waals surface area contributed by atoms with Gasteiger partial charge in [-0.05, 0) is 47.0 Å². The summed E-state index contributed by atoms with van der Waals surface area (Å²) < 4.78 is 5.39. The van der Waals surface area contributed by atoms with Gasteiger partial charge in [-0.25, -0.2) is 0 Å². The average Bonchev–Trinajstić information content (AvgIpc) is 2.68. The first-order valence-corrected chi connectivity index (χ1v) is 8.63. The van der Waals surface area contributed by atoms with Crippen molar-refractivity contribution in [3.05, 3.63) is 94.3 Å². The van der Waals surface area contributed by atoms with Crippen molar-refractivity contribution < 1.29 is 9.53 Å². The maximum Gasteiger partial charge on any atom is 0.270 e. The largest absolute Gasteiger partial charge is 0.496 e. The minimum atomic E-state index is -0.207. The average molecular weight is 367 g/mol. The van der Waals surface area contributed by atoms with Crippen molar-refractivity contribution in [2.75, 3.05) is 7.11 Å². The molecule has 1 amide bonds. The van der Waals surface area contributed by atoms with Gasteiger partial charge in [0, 0.05) is 24.2 Å². The number of nitrogens with zero attached hydrogens (tertiary/aromatic N) is 1. The molecule has 3 rings (SSSR count). The lowest BCUT2D eigenvalue weighted by Gasteiger charge is -2.09. The predicted octanol–water partition coefficient (Wildman–Crippen LogP) is 4.26. The van der Waals surface area contributed by atoms with Crippen molar-refractivity contribution in [1.29, 1.82) is 0 Å². The Labute approximate surface area is 157 Å². The molecule has 132 valence electrons. The summed E-state index contributed by atoms with van der Waals surface area (Å²) in [5.74, 6) is 0.625. The van der Waals surface area contributed by atoms with E-state index in [0.717, 1.165) is 22.4 Å². The van der Waals surface area contributed by atoms with Crippen molar-refractivity contribution in [2.24, 2.45) is 0 Å². The number of nitrogens with one attached hydrogen (secondary N) is 1. The molecule has 5 heteroatoms. The van der Waals surface area contributed by atoms with Crippen LogP contribution in [0.3, 0.4) is 0 Å². The zero-order valence-electron chi connectivity index (χ0n) is 14.4. The lowest BCUT2D eigenvalue weighted by Crippen LogP contribution is -2.23. The summed E-state index contributed by atoms with van der Waals surface area (Å²) in [6, 6.07) is 18.9. The van der Waals surface area contributed by atoms with Crippen LogP contribution in [-0.4, -0.2) is 18.0 Å². The Morgan fingerprint density at radius 1 is 1.08 bits per heavy atom. The molecule has 2 aromatic carbocycles. The van der Waals surface area contributed by atoms with E-state index in [1.54, 1.807) is 25.4 Å². The van der Waals surface area contributed by atoms with E-state index in [-0.39, 0.29) is 5.91 Å². The highest BCUT2D eigenvalue weighted by molar-refractivity contribution is 6.30. The molecule has 0 saturated carbocycles. The van der Waals surface area contributed by atoms with Gasteiger partial charge in [0.1, 0.15) is 11.4 Å². The van der Waals surface area contributed by atoms with Crippen LogP contribution in [0.4, 0.5) is 0 Å². The minimum absolute atomic E-state index is 0.207. The predicted molar refractivity (Wildman–Crippen MR) is 103 cm³/mol. The van der Waals surface area contributed by atoms with Crippen molar-refractivity contribution in [3.63, 3.8) is 0 Å². The summed E-state index contributed by atoms with van der Waals surface area (Å²) in [6.45, 7) is 0.425. The molecule has 0 atom stereocenters. The highest BCUT2D eigenvalue weighted by atomic mass is 35.5. The molecule has 0 radical (unpaired) electrons. The van der Waals surface area contributed by atoms with Gasteiger partial charge >= 0.3 is 0 Å². The van der Waals surface area contributed by atoms with Crippen LogP contribution >= 0.6 is 11.6 Å². The van der Waals surface area contributed by atoms with E-state index in [9.17, 15) is 4.79 Å². The van der Waals surface area contributed by atoms with Crippen LogP contribution in [0.5, 0.6) is 5.75 Å². The van der Waals surface area contributed by atoms with Crippen molar-refractivity contribution in [3.8, 4) is 5.75 Å². The number of carbonyl (C=O) groups excluding carboxylic acids is 1. The highest BCUT2D eigenvalue weighted by Gasteiger charge is 2.09. The molecular weight excluding hydrogens is 348 g/mol. The van der Waals surface area contributed by atoms with Gasteiger partial charge in [0.2, 0.25) is 0 Å². The maximum absolute atomic E-state index is 12.4. The first kappa shape index (κ1) is 18.0. The van der Waals surface area contributed by atoms with Crippen LogP contribution in [0.15, 0.2) is 66.9 Å². The Hall–Kier alpha value is -2.85. The van der Waals surface area contributed by atoms with Crippen LogP contribution < -0.4 is 10.1 Å². The van der Waals surface area contributed by atoms with Gasteiger partial charge in [0.15, 0.2) is 0 Å². The quantitative estimate of drug-likeness (QED) is 0.709. The number of ether oxygens (including phenoxy) is 1. The third-order valence-electron chi connectivity index (χ3n) is 4.01. The number of carbonyl (C=O) groups is 1. The van der Waals surface area contributed by atoms with Crippen LogP contribution in [-0.2, 0) is 13.0 Å². The number of aromatic nitrogens is 1. The van der Waals surface area contributed by atoms with E-state index in [1.165, 1.54) is 0 Å². The summed E-state index contributed by atoms with van der Waals surface area (Å²) in [4.78, 5) is 16.6. The molecular formula is C21H19ClN2O2. The van der Waals surface area contributed by atoms with Gasteiger partial charge in [-0.3, -0.25) is 9.78 Å². The van der Waals surface area contributed by atoms with E-state index >= 15 is 0 Å². The minimum Gasteiger partial charge on any atom is -0.496 e. The Kier molecular flexibility index (Phi) is 5.87. The molecule has 0 saturated heterocycles. The van der Waals surface area contributed by atoms with E-state index < -0.39 is 0 Å². The molecule has 4 nitrogen and oxygen atoms in total. The molecule has 0 aliphatic heterocycles. The molecule has 3 aromatic rings. The summed E-state index contributed by atoms with van der Waals surface area (Å²) in [5, 5.41) is 3.55. The summed E-state index contributed by atoms with van der Waals surface area (Å²) in [7, 11) is 1.65. The number of methoxy groups -OCH3 is 1. The number of hydrogen-bond acceptors (Lipinski definition) is 3. The van der Waals surface area contributed by atoms with Crippen LogP contribution in [0.1, 0.15) is 27.2 Å². The van der Waals surface area contributed by atoms with Gasteiger partial charge in [-0.1, -0.05) is 41.9 Å². The lowest BCUT2D eigenvalue weighted by atomic mass is 10.0. The van der Waals surface area contributed by atoms with E-state index in [1.807, 2.05) is 48.5 Å². The number of halogens is 1. The van der Waals surface area contributed by atoms with E-state index in [0.29, 0.717) is 23.7 Å². The van der Waals surface area contributed by atoms with Crippen molar-refractivity contribution in [2.45, 2.75) is 13.0 Å². The monoisotopic (exact) mass is 366 g/mol. The molecule has 0 aliphatic rings. The highest BCUT2D eigenvalue weighted by Crippen LogP contribution is 2.21. The molecule has 0 spiro atoms. The molecule has 1 aromatic heterocycles. The number of hydrogen-bond donors (Lipinski definition) is 1. The van der Waals surface area contributed by atoms with Crippen LogP contribution in [0.2, 0.25) is 5.02 Å². The van der Waals surface area contributed by atoms with E-state index in [2.05, 4.69) is 10.3 Å². The van der Waals surface area contributed by atoms with Gasteiger partial charge in [0.05, 0.1) is 7.11 Å². The Morgan fingerprint density at radius 2 is 1.85 bits per heavy atom. The number of para-hydroxylation sites is 1. The van der Waals surface area contributed by atoms with Crippen molar-refractivity contribution >= 4 is 17.5 Å².